The van der Waals surface area contributed by atoms with Crippen LogP contribution in [0.4, 0.5) is 5.69 Å². The number of aromatic nitrogens is 2. The Morgan fingerprint density at radius 1 is 0.667 bits per heavy atom. The third kappa shape index (κ3) is 7.18. The van der Waals surface area contributed by atoms with Gasteiger partial charge < -0.3 is 4.90 Å². The molecule has 1 aliphatic heterocycles. The molecule has 0 unspecified atom stereocenters. The van der Waals surface area contributed by atoms with E-state index >= 15 is 0 Å². The van der Waals surface area contributed by atoms with Crippen molar-refractivity contribution in [2.75, 3.05) is 18.0 Å². The molecule has 0 radical (unpaired) electrons. The number of rotatable bonds is 8. The highest BCUT2D eigenvalue weighted by molar-refractivity contribution is 5.66. The maximum atomic E-state index is 4.71. The van der Waals surface area contributed by atoms with Crippen molar-refractivity contribution in [3.63, 3.8) is 0 Å². The number of nitrogens with zero attached hydrogens (tertiary/aromatic N) is 4. The Hall–Kier alpha value is -4.28. The molecule has 2 aromatic heterocycles. The molecule has 45 heavy (non-hydrogen) atoms. The first kappa shape index (κ1) is 30.7. The summed E-state index contributed by atoms with van der Waals surface area (Å²) in [5, 5.41) is 0. The fourth-order valence-electron chi connectivity index (χ4n) is 6.58. The van der Waals surface area contributed by atoms with Crippen LogP contribution in [0.25, 0.3) is 22.4 Å². The average molecular weight is 595 g/mol. The van der Waals surface area contributed by atoms with Gasteiger partial charge >= 0.3 is 0 Å². The van der Waals surface area contributed by atoms with Crippen LogP contribution in [0.15, 0.2) is 91.4 Å². The van der Waals surface area contributed by atoms with E-state index in [1.165, 1.54) is 66.9 Å². The van der Waals surface area contributed by atoms with Gasteiger partial charge in [0.1, 0.15) is 0 Å². The lowest BCUT2D eigenvalue weighted by Crippen LogP contribution is -2.44. The smallest absolute Gasteiger partial charge is 0.0705 e. The number of piperidine rings is 1. The molecule has 4 heteroatoms. The summed E-state index contributed by atoms with van der Waals surface area (Å²) in [6, 6.07) is 27.5. The summed E-state index contributed by atoms with van der Waals surface area (Å²) in [5.41, 5.74) is 16.5. The number of hydrogen-bond acceptors (Lipinski definition) is 4. The fourth-order valence-corrected chi connectivity index (χ4v) is 6.58. The molecule has 3 aromatic carbocycles. The predicted molar refractivity (Wildman–Crippen MR) is 189 cm³/mol. The van der Waals surface area contributed by atoms with Gasteiger partial charge in [-0.1, -0.05) is 42.0 Å². The summed E-state index contributed by atoms with van der Waals surface area (Å²) in [7, 11) is 0. The molecule has 0 spiro atoms. The third-order valence-electron chi connectivity index (χ3n) is 9.80. The Bertz CT molecular complexity index is 1760. The van der Waals surface area contributed by atoms with Crippen LogP contribution in [0, 0.1) is 41.5 Å². The molecule has 3 heterocycles. The summed E-state index contributed by atoms with van der Waals surface area (Å²) in [6.45, 7) is 17.1. The van der Waals surface area contributed by atoms with Crippen molar-refractivity contribution in [1.82, 2.24) is 14.9 Å². The Balaban J connectivity index is 1.17. The van der Waals surface area contributed by atoms with Gasteiger partial charge in [-0.15, -0.1) is 0 Å². The van der Waals surface area contributed by atoms with E-state index in [2.05, 4.69) is 124 Å². The molecule has 1 aliphatic rings. The monoisotopic (exact) mass is 594 g/mol. The predicted octanol–water partition coefficient (Wildman–Crippen LogP) is 9.33. The Morgan fingerprint density at radius 2 is 1.38 bits per heavy atom. The van der Waals surface area contributed by atoms with E-state index in [-0.39, 0.29) is 0 Å². The van der Waals surface area contributed by atoms with Crippen LogP contribution >= 0.6 is 0 Å². The zero-order valence-electron chi connectivity index (χ0n) is 27.8. The molecule has 0 atom stereocenters. The van der Waals surface area contributed by atoms with Gasteiger partial charge in [0.15, 0.2) is 0 Å². The van der Waals surface area contributed by atoms with Gasteiger partial charge in [-0.25, -0.2) is 0 Å². The van der Waals surface area contributed by atoms with Gasteiger partial charge in [-0.2, -0.15) is 0 Å². The van der Waals surface area contributed by atoms with E-state index in [0.717, 1.165) is 44.7 Å². The Morgan fingerprint density at radius 3 is 2.09 bits per heavy atom. The quantitative estimate of drug-likeness (QED) is 0.179. The lowest BCUT2D eigenvalue weighted by molar-refractivity contribution is 0.201. The summed E-state index contributed by atoms with van der Waals surface area (Å²) in [4.78, 5) is 14.6. The number of aryl methyl sites for hydroxylation is 5. The molecule has 5 aromatic rings. The van der Waals surface area contributed by atoms with Crippen molar-refractivity contribution >= 4 is 5.69 Å². The molecular formula is C41H46N4. The molecule has 6 rings (SSSR count). The average Bonchev–Trinajstić information content (AvgIpc) is 3.05. The summed E-state index contributed by atoms with van der Waals surface area (Å²) < 4.78 is 0. The molecule has 230 valence electrons. The molecule has 1 saturated heterocycles. The lowest BCUT2D eigenvalue weighted by atomic mass is 9.96. The molecule has 4 nitrogen and oxygen atoms in total. The van der Waals surface area contributed by atoms with Crippen molar-refractivity contribution in [1.29, 1.82) is 0 Å². The van der Waals surface area contributed by atoms with Gasteiger partial charge in [0.05, 0.1) is 5.69 Å². The van der Waals surface area contributed by atoms with Crippen LogP contribution in [0.5, 0.6) is 0 Å². The standard InChI is InChI=1S/C41H46N4/c1-28-7-11-39(12-8-28)45(27-35-22-38(25-42-24-35)37-20-31(4)33(6)32(5)21-37)40-14-17-44(18-15-40)26-34-13-16-43-41(23-34)36-10-9-29(2)30(3)19-36/h7-13,16,19-25,40H,14-15,17-18,26-27H2,1-6H3. The summed E-state index contributed by atoms with van der Waals surface area (Å²) >= 11 is 0. The second-order valence-electron chi connectivity index (χ2n) is 13.1. The van der Waals surface area contributed by atoms with Crippen LogP contribution in [-0.2, 0) is 13.1 Å². The van der Waals surface area contributed by atoms with E-state index in [1.807, 2.05) is 18.6 Å². The van der Waals surface area contributed by atoms with Crippen LogP contribution in [0.1, 0.15) is 57.3 Å². The van der Waals surface area contributed by atoms with Crippen LogP contribution < -0.4 is 4.90 Å². The van der Waals surface area contributed by atoms with Gasteiger partial charge in [0, 0.05) is 67.6 Å². The molecule has 0 N–H and O–H groups in total. The maximum Gasteiger partial charge on any atom is 0.0705 e. The van der Waals surface area contributed by atoms with Crippen LogP contribution in [0.3, 0.4) is 0 Å². The largest absolute Gasteiger partial charge is 0.364 e. The highest BCUT2D eigenvalue weighted by Gasteiger charge is 2.26. The van der Waals surface area contributed by atoms with Crippen LogP contribution in [0.2, 0.25) is 0 Å². The van der Waals surface area contributed by atoms with Crippen LogP contribution in [-0.4, -0.2) is 34.0 Å². The molecule has 0 aliphatic carbocycles. The number of likely N-dealkylation sites (tertiary alicyclic amines) is 1. The highest BCUT2D eigenvalue weighted by atomic mass is 15.2. The molecular weight excluding hydrogens is 548 g/mol. The lowest BCUT2D eigenvalue weighted by Gasteiger charge is -2.40. The van der Waals surface area contributed by atoms with Gasteiger partial charge in [-0.05, 0) is 135 Å². The number of anilines is 1. The fraction of sp³-hybridized carbons (Fsp3) is 0.317. The minimum atomic E-state index is 0.472. The first-order valence-electron chi connectivity index (χ1n) is 16.3. The van der Waals surface area contributed by atoms with E-state index in [4.69, 9.17) is 9.97 Å². The van der Waals surface area contributed by atoms with Gasteiger partial charge in [0.25, 0.3) is 0 Å². The molecule has 0 saturated carbocycles. The minimum absolute atomic E-state index is 0.472. The Kier molecular flexibility index (Phi) is 9.14. The first-order chi connectivity index (χ1) is 21.7. The maximum absolute atomic E-state index is 4.71. The highest BCUT2D eigenvalue weighted by Crippen LogP contribution is 2.30. The first-order valence-corrected chi connectivity index (χ1v) is 16.3. The van der Waals surface area contributed by atoms with Crippen molar-refractivity contribution in [2.24, 2.45) is 0 Å². The third-order valence-corrected chi connectivity index (χ3v) is 9.80. The van der Waals surface area contributed by atoms with E-state index in [9.17, 15) is 0 Å². The van der Waals surface area contributed by atoms with Gasteiger partial charge in [0.2, 0.25) is 0 Å². The van der Waals surface area contributed by atoms with Crippen molar-refractivity contribution in [3.05, 3.63) is 136 Å². The Labute approximate surface area is 269 Å². The van der Waals surface area contributed by atoms with Crippen molar-refractivity contribution in [2.45, 2.75) is 73.5 Å². The van der Waals surface area contributed by atoms with Crippen molar-refractivity contribution in [3.8, 4) is 22.4 Å². The number of hydrogen-bond donors (Lipinski definition) is 0. The zero-order valence-corrected chi connectivity index (χ0v) is 27.8. The van der Waals surface area contributed by atoms with E-state index in [1.54, 1.807) is 0 Å². The number of pyridine rings is 2. The second kappa shape index (κ2) is 13.4. The SMILES string of the molecule is Cc1ccc(N(Cc2cncc(-c3cc(C)c(C)c(C)c3)c2)C2CCN(Cc3ccnc(-c4ccc(C)c(C)c4)c3)CC2)cc1. The summed E-state index contributed by atoms with van der Waals surface area (Å²) in [6.07, 6.45) is 8.28. The molecule has 1 fully saturated rings. The number of benzene rings is 3. The van der Waals surface area contributed by atoms with Gasteiger partial charge in [-0.3, -0.25) is 14.9 Å². The minimum Gasteiger partial charge on any atom is -0.364 e. The van der Waals surface area contributed by atoms with Crippen molar-refractivity contribution < 1.29 is 0 Å². The van der Waals surface area contributed by atoms with E-state index < -0.39 is 0 Å². The summed E-state index contributed by atoms with van der Waals surface area (Å²) in [5.74, 6) is 0. The second-order valence-corrected chi connectivity index (χ2v) is 13.1. The molecule has 0 bridgehead atoms. The molecule has 0 amide bonds. The van der Waals surface area contributed by atoms with E-state index in [0.29, 0.717) is 6.04 Å². The normalized spacial score (nSPS) is 14.1. The topological polar surface area (TPSA) is 32.3 Å². The zero-order chi connectivity index (χ0) is 31.5.